The van der Waals surface area contributed by atoms with Crippen LogP contribution in [0.15, 0.2) is 24.7 Å². The van der Waals surface area contributed by atoms with Crippen LogP contribution in [-0.4, -0.2) is 25.4 Å². The highest BCUT2D eigenvalue weighted by Crippen LogP contribution is 2.26. The number of aromatic nitrogens is 2. The summed E-state index contributed by atoms with van der Waals surface area (Å²) in [5.74, 6) is -0.00163. The molecule has 4 nitrogen and oxygen atoms in total. The van der Waals surface area contributed by atoms with Gasteiger partial charge in [-0.25, -0.2) is 0 Å². The van der Waals surface area contributed by atoms with Crippen molar-refractivity contribution in [2.45, 2.75) is 11.7 Å². The Morgan fingerprint density at radius 1 is 1.53 bits per heavy atom. The third kappa shape index (κ3) is 1.94. The molecule has 0 bridgehead atoms. The minimum absolute atomic E-state index is 0.00163. The molecule has 2 aromatic heterocycles. The Kier molecular flexibility index (Phi) is 2.60. The molecule has 1 aliphatic rings. The molecule has 1 fully saturated rings. The van der Waals surface area contributed by atoms with E-state index in [1.807, 2.05) is 18.5 Å². The van der Waals surface area contributed by atoms with E-state index in [9.17, 15) is 4.79 Å². The molecule has 0 spiro atoms. The number of nitrogens with zero attached hydrogens (tertiary/aromatic N) is 1. The molecule has 1 amide bonds. The lowest BCUT2D eigenvalue weighted by Crippen LogP contribution is -2.25. The van der Waals surface area contributed by atoms with Gasteiger partial charge in [-0.1, -0.05) is 24.0 Å². The average Bonchev–Trinajstić information content (AvgIpc) is 2.85. The smallest absolute Gasteiger partial charge is 0.239 e. The summed E-state index contributed by atoms with van der Waals surface area (Å²) in [6.45, 7) is 0. The largest absolute Gasteiger partial charge is 0.361 e. The molecule has 1 saturated heterocycles. The van der Waals surface area contributed by atoms with Gasteiger partial charge in [0, 0.05) is 29.5 Å². The maximum atomic E-state index is 11.6. The highest BCUT2D eigenvalue weighted by atomic mass is 32.2. The predicted molar refractivity (Wildman–Crippen MR) is 71.9 cm³/mol. The van der Waals surface area contributed by atoms with Crippen molar-refractivity contribution in [3.05, 3.63) is 30.2 Å². The number of fused-ring (bicyclic) bond motifs is 1. The summed E-state index contributed by atoms with van der Waals surface area (Å²) >= 11 is 6.39. The number of carbonyl (C=O) groups excluding carboxylic acids is 1. The van der Waals surface area contributed by atoms with Crippen molar-refractivity contribution in [2.24, 2.45) is 0 Å². The van der Waals surface area contributed by atoms with E-state index in [0.29, 0.717) is 10.7 Å². The summed E-state index contributed by atoms with van der Waals surface area (Å²) in [7, 11) is 0. The van der Waals surface area contributed by atoms with Crippen LogP contribution in [0.4, 0.5) is 0 Å². The number of thiocarbonyl (C=S) groups is 1. The molecule has 0 radical (unpaired) electrons. The van der Waals surface area contributed by atoms with E-state index in [1.165, 1.54) is 11.8 Å². The van der Waals surface area contributed by atoms with E-state index in [2.05, 4.69) is 15.3 Å². The van der Waals surface area contributed by atoms with Gasteiger partial charge >= 0.3 is 0 Å². The Morgan fingerprint density at radius 2 is 2.41 bits per heavy atom. The Labute approximate surface area is 107 Å². The van der Waals surface area contributed by atoms with E-state index >= 15 is 0 Å². The highest BCUT2D eigenvalue weighted by Gasteiger charge is 2.29. The molecule has 1 aliphatic heterocycles. The molecule has 2 N–H and O–H groups in total. The zero-order valence-electron chi connectivity index (χ0n) is 8.77. The molecule has 2 aromatic rings. The van der Waals surface area contributed by atoms with E-state index < -0.39 is 0 Å². The summed E-state index contributed by atoms with van der Waals surface area (Å²) in [6.07, 6.45) is 6.16. The van der Waals surface area contributed by atoms with Crippen molar-refractivity contribution >= 4 is 45.1 Å². The van der Waals surface area contributed by atoms with E-state index in [4.69, 9.17) is 12.2 Å². The number of amides is 1. The van der Waals surface area contributed by atoms with Gasteiger partial charge in [0.2, 0.25) is 5.91 Å². The van der Waals surface area contributed by atoms with Crippen molar-refractivity contribution in [1.29, 1.82) is 0 Å². The van der Waals surface area contributed by atoms with Gasteiger partial charge in [0.15, 0.2) is 0 Å². The van der Waals surface area contributed by atoms with Gasteiger partial charge < -0.3 is 10.3 Å². The molecule has 6 heteroatoms. The van der Waals surface area contributed by atoms with Crippen LogP contribution < -0.4 is 5.32 Å². The summed E-state index contributed by atoms with van der Waals surface area (Å²) in [6, 6.07) is 1.92. The number of hydrogen-bond donors (Lipinski definition) is 2. The van der Waals surface area contributed by atoms with Crippen LogP contribution in [0.25, 0.3) is 10.9 Å². The minimum atomic E-state index is -0.123. The summed E-state index contributed by atoms with van der Waals surface area (Å²) in [5, 5.41) is 3.60. The molecular formula is C11H9N3OS2. The number of thioether (sulfide) groups is 1. The minimum Gasteiger partial charge on any atom is -0.361 e. The first kappa shape index (κ1) is 10.7. The number of hydrogen-bond acceptors (Lipinski definition) is 4. The maximum absolute atomic E-state index is 11.6. The molecule has 1 unspecified atom stereocenters. The Morgan fingerprint density at radius 3 is 3.18 bits per heavy atom. The normalized spacial score (nSPS) is 19.9. The number of carbonyl (C=O) groups is 1. The first-order valence-corrected chi connectivity index (χ1v) is 6.44. The van der Waals surface area contributed by atoms with Crippen LogP contribution in [0.3, 0.4) is 0 Å². The van der Waals surface area contributed by atoms with Gasteiger partial charge in [-0.15, -0.1) is 0 Å². The molecule has 3 heterocycles. The van der Waals surface area contributed by atoms with Crippen molar-refractivity contribution in [1.82, 2.24) is 15.3 Å². The lowest BCUT2D eigenvalue weighted by Gasteiger charge is -2.03. The van der Waals surface area contributed by atoms with Crippen LogP contribution in [-0.2, 0) is 11.2 Å². The van der Waals surface area contributed by atoms with Crippen molar-refractivity contribution in [2.75, 3.05) is 0 Å². The third-order valence-corrected chi connectivity index (χ3v) is 4.11. The number of H-pyrrole nitrogens is 1. The fraction of sp³-hybridized carbons (Fsp3) is 0.182. The van der Waals surface area contributed by atoms with Crippen molar-refractivity contribution < 1.29 is 4.79 Å². The summed E-state index contributed by atoms with van der Waals surface area (Å²) in [5.41, 5.74) is 2.14. The van der Waals surface area contributed by atoms with Crippen LogP contribution >= 0.6 is 24.0 Å². The highest BCUT2D eigenvalue weighted by molar-refractivity contribution is 8.24. The number of nitrogens with one attached hydrogen (secondary N) is 2. The molecule has 0 saturated carbocycles. The molecule has 86 valence electrons. The first-order valence-electron chi connectivity index (χ1n) is 5.15. The van der Waals surface area contributed by atoms with Gasteiger partial charge in [-0.2, -0.15) is 0 Å². The SMILES string of the molecule is O=C1NC(=S)SC1Cc1c[nH]c2ccncc12. The van der Waals surface area contributed by atoms with E-state index in [0.717, 1.165) is 16.5 Å². The second kappa shape index (κ2) is 4.12. The molecule has 3 rings (SSSR count). The molecule has 1 atom stereocenters. The van der Waals surface area contributed by atoms with Crippen LogP contribution in [0, 0.1) is 0 Å². The van der Waals surface area contributed by atoms with Gasteiger partial charge in [0.1, 0.15) is 4.32 Å². The monoisotopic (exact) mass is 263 g/mol. The maximum Gasteiger partial charge on any atom is 0.239 e. The topological polar surface area (TPSA) is 57.8 Å². The number of rotatable bonds is 2. The molecule has 0 aliphatic carbocycles. The molecule has 0 aromatic carbocycles. The van der Waals surface area contributed by atoms with E-state index in [1.54, 1.807) is 6.20 Å². The third-order valence-electron chi connectivity index (χ3n) is 2.74. The Bertz CT molecular complexity index is 608. The quantitative estimate of drug-likeness (QED) is 0.808. The zero-order valence-corrected chi connectivity index (χ0v) is 10.4. The van der Waals surface area contributed by atoms with Crippen molar-refractivity contribution in [3.8, 4) is 0 Å². The van der Waals surface area contributed by atoms with Crippen LogP contribution in [0.1, 0.15) is 5.56 Å². The lowest BCUT2D eigenvalue weighted by molar-refractivity contribution is -0.118. The fourth-order valence-electron chi connectivity index (χ4n) is 1.92. The fourth-order valence-corrected chi connectivity index (χ4v) is 3.21. The van der Waals surface area contributed by atoms with E-state index in [-0.39, 0.29) is 11.2 Å². The van der Waals surface area contributed by atoms with Crippen LogP contribution in [0.2, 0.25) is 0 Å². The number of pyridine rings is 1. The Balaban J connectivity index is 1.90. The summed E-state index contributed by atoms with van der Waals surface area (Å²) in [4.78, 5) is 18.9. The van der Waals surface area contributed by atoms with Gasteiger partial charge in [0.25, 0.3) is 0 Å². The molecular weight excluding hydrogens is 254 g/mol. The van der Waals surface area contributed by atoms with Crippen molar-refractivity contribution in [3.63, 3.8) is 0 Å². The van der Waals surface area contributed by atoms with Crippen LogP contribution in [0.5, 0.6) is 0 Å². The number of aromatic amines is 1. The zero-order chi connectivity index (χ0) is 11.8. The van der Waals surface area contributed by atoms with Gasteiger partial charge in [-0.3, -0.25) is 9.78 Å². The second-order valence-corrected chi connectivity index (χ2v) is 5.70. The first-order chi connectivity index (χ1) is 8.24. The standard InChI is InChI=1S/C11H9N3OS2/c15-10-9(17-11(16)14-10)3-6-4-13-8-1-2-12-5-7(6)8/h1-2,4-5,9,13H,3H2,(H,14,15,16). The molecule has 17 heavy (non-hydrogen) atoms. The van der Waals surface area contributed by atoms with Gasteiger partial charge in [-0.05, 0) is 18.1 Å². The van der Waals surface area contributed by atoms with Gasteiger partial charge in [0.05, 0.1) is 5.25 Å². The predicted octanol–water partition coefficient (Wildman–Crippen LogP) is 1.62. The average molecular weight is 263 g/mol. The second-order valence-electron chi connectivity index (χ2n) is 3.82. The lowest BCUT2D eigenvalue weighted by atomic mass is 10.1. The Hall–Kier alpha value is -1.40. The summed E-state index contributed by atoms with van der Waals surface area (Å²) < 4.78 is 0.568.